The van der Waals surface area contributed by atoms with E-state index >= 15 is 0 Å². The quantitative estimate of drug-likeness (QED) is 0.844. The molecule has 1 amide bonds. The summed E-state index contributed by atoms with van der Waals surface area (Å²) in [5.74, 6) is 1.21. The summed E-state index contributed by atoms with van der Waals surface area (Å²) in [6.07, 6.45) is 9.91. The third-order valence-electron chi connectivity index (χ3n) is 5.96. The average molecular weight is 293 g/mol. The Hall–Kier alpha value is -0.610. The van der Waals surface area contributed by atoms with Gasteiger partial charge in [-0.3, -0.25) is 4.79 Å². The van der Waals surface area contributed by atoms with Crippen LogP contribution in [-0.2, 0) is 4.79 Å². The van der Waals surface area contributed by atoms with Gasteiger partial charge < -0.3 is 15.1 Å². The highest BCUT2D eigenvalue weighted by atomic mass is 16.2. The minimum Gasteiger partial charge on any atom is -0.341 e. The molecule has 3 atom stereocenters. The molecule has 0 aromatic heterocycles. The van der Waals surface area contributed by atoms with Gasteiger partial charge in [-0.05, 0) is 58.5 Å². The molecule has 0 aromatic rings. The van der Waals surface area contributed by atoms with Gasteiger partial charge in [0.15, 0.2) is 0 Å². The van der Waals surface area contributed by atoms with Crippen molar-refractivity contribution in [3.63, 3.8) is 0 Å². The van der Waals surface area contributed by atoms with Gasteiger partial charge in [0, 0.05) is 25.2 Å². The molecule has 120 valence electrons. The second kappa shape index (κ2) is 6.66. The van der Waals surface area contributed by atoms with Crippen molar-refractivity contribution in [3.8, 4) is 0 Å². The normalized spacial score (nSPS) is 34.8. The van der Waals surface area contributed by atoms with Crippen molar-refractivity contribution in [3.05, 3.63) is 0 Å². The SMILES string of the molecule is CN(C)C1CCN(C(=O)C2CCC3CCCCC3N2)CC1. The number of carbonyl (C=O) groups is 1. The number of hydrogen-bond acceptors (Lipinski definition) is 3. The molecule has 1 saturated carbocycles. The van der Waals surface area contributed by atoms with Crippen LogP contribution in [0.5, 0.6) is 0 Å². The number of rotatable bonds is 2. The predicted molar refractivity (Wildman–Crippen MR) is 85.2 cm³/mol. The zero-order chi connectivity index (χ0) is 14.8. The monoisotopic (exact) mass is 293 g/mol. The molecule has 4 heteroatoms. The fourth-order valence-electron chi connectivity index (χ4n) is 4.51. The predicted octanol–water partition coefficient (Wildman–Crippen LogP) is 1.85. The van der Waals surface area contributed by atoms with Gasteiger partial charge in [0.2, 0.25) is 5.91 Å². The fourth-order valence-corrected chi connectivity index (χ4v) is 4.51. The second-order valence-electron chi connectivity index (χ2n) is 7.47. The van der Waals surface area contributed by atoms with E-state index in [1.807, 2.05) is 0 Å². The maximum Gasteiger partial charge on any atom is 0.239 e. The van der Waals surface area contributed by atoms with Crippen LogP contribution in [0, 0.1) is 5.92 Å². The van der Waals surface area contributed by atoms with E-state index in [2.05, 4.69) is 29.2 Å². The molecule has 2 saturated heterocycles. The molecule has 2 heterocycles. The van der Waals surface area contributed by atoms with Crippen LogP contribution >= 0.6 is 0 Å². The van der Waals surface area contributed by atoms with Crippen LogP contribution in [-0.4, -0.2) is 61.0 Å². The molecule has 21 heavy (non-hydrogen) atoms. The molecule has 1 N–H and O–H groups in total. The Labute approximate surface area is 129 Å². The number of likely N-dealkylation sites (tertiary alicyclic amines) is 1. The van der Waals surface area contributed by atoms with E-state index in [4.69, 9.17) is 0 Å². The summed E-state index contributed by atoms with van der Waals surface area (Å²) in [7, 11) is 4.29. The lowest BCUT2D eigenvalue weighted by molar-refractivity contribution is -0.136. The van der Waals surface area contributed by atoms with Gasteiger partial charge in [-0.2, -0.15) is 0 Å². The summed E-state index contributed by atoms with van der Waals surface area (Å²) in [5.41, 5.74) is 0. The van der Waals surface area contributed by atoms with Gasteiger partial charge in [-0.15, -0.1) is 0 Å². The van der Waals surface area contributed by atoms with Crippen molar-refractivity contribution in [1.82, 2.24) is 15.1 Å². The molecule has 2 aliphatic heterocycles. The number of nitrogens with one attached hydrogen (secondary N) is 1. The van der Waals surface area contributed by atoms with Crippen molar-refractivity contribution in [2.75, 3.05) is 27.2 Å². The van der Waals surface area contributed by atoms with Gasteiger partial charge in [0.25, 0.3) is 0 Å². The van der Waals surface area contributed by atoms with E-state index in [0.29, 0.717) is 18.0 Å². The summed E-state index contributed by atoms with van der Waals surface area (Å²) in [4.78, 5) is 17.2. The maximum atomic E-state index is 12.8. The fraction of sp³-hybridized carbons (Fsp3) is 0.941. The van der Waals surface area contributed by atoms with Gasteiger partial charge >= 0.3 is 0 Å². The van der Waals surface area contributed by atoms with E-state index in [9.17, 15) is 4.79 Å². The van der Waals surface area contributed by atoms with Crippen LogP contribution in [0.15, 0.2) is 0 Å². The molecule has 3 rings (SSSR count). The first-order valence-electron chi connectivity index (χ1n) is 8.86. The van der Waals surface area contributed by atoms with Crippen molar-refractivity contribution >= 4 is 5.91 Å². The van der Waals surface area contributed by atoms with Crippen molar-refractivity contribution < 1.29 is 4.79 Å². The maximum absolute atomic E-state index is 12.8. The number of nitrogens with zero attached hydrogens (tertiary/aromatic N) is 2. The Morgan fingerprint density at radius 1 is 1.00 bits per heavy atom. The molecule has 1 aliphatic carbocycles. The lowest BCUT2D eigenvalue weighted by atomic mass is 9.77. The smallest absolute Gasteiger partial charge is 0.239 e. The molecular weight excluding hydrogens is 262 g/mol. The highest BCUT2D eigenvalue weighted by molar-refractivity contribution is 5.82. The summed E-state index contributed by atoms with van der Waals surface area (Å²) in [6, 6.07) is 1.36. The Morgan fingerprint density at radius 3 is 2.43 bits per heavy atom. The summed E-state index contributed by atoms with van der Waals surface area (Å²) < 4.78 is 0. The van der Waals surface area contributed by atoms with Crippen LogP contribution in [0.3, 0.4) is 0 Å². The highest BCUT2D eigenvalue weighted by Gasteiger charge is 2.36. The van der Waals surface area contributed by atoms with E-state index < -0.39 is 0 Å². The summed E-state index contributed by atoms with van der Waals surface area (Å²) >= 11 is 0. The van der Waals surface area contributed by atoms with E-state index in [-0.39, 0.29) is 6.04 Å². The zero-order valence-corrected chi connectivity index (χ0v) is 13.7. The Balaban J connectivity index is 1.52. The van der Waals surface area contributed by atoms with E-state index in [1.165, 1.54) is 32.1 Å². The molecule has 3 aliphatic rings. The largest absolute Gasteiger partial charge is 0.341 e. The third-order valence-corrected chi connectivity index (χ3v) is 5.96. The number of hydrogen-bond donors (Lipinski definition) is 1. The lowest BCUT2D eigenvalue weighted by Gasteiger charge is -2.42. The van der Waals surface area contributed by atoms with Gasteiger partial charge in [-0.25, -0.2) is 0 Å². The second-order valence-corrected chi connectivity index (χ2v) is 7.47. The first-order chi connectivity index (χ1) is 10.1. The molecule has 3 unspecified atom stereocenters. The summed E-state index contributed by atoms with van der Waals surface area (Å²) in [6.45, 7) is 1.88. The number of fused-ring (bicyclic) bond motifs is 1. The molecular formula is C17H31N3O. The average Bonchev–Trinajstić information content (AvgIpc) is 2.54. The minimum atomic E-state index is 0.0975. The zero-order valence-electron chi connectivity index (χ0n) is 13.7. The van der Waals surface area contributed by atoms with E-state index in [1.54, 1.807) is 0 Å². The van der Waals surface area contributed by atoms with Crippen molar-refractivity contribution in [1.29, 1.82) is 0 Å². The molecule has 4 nitrogen and oxygen atoms in total. The first-order valence-corrected chi connectivity index (χ1v) is 8.86. The standard InChI is InChI=1S/C17H31N3O/c1-19(2)14-9-11-20(12-10-14)17(21)16-8-7-13-5-3-4-6-15(13)18-16/h13-16,18H,3-12H2,1-2H3. The number of amides is 1. The summed E-state index contributed by atoms with van der Waals surface area (Å²) in [5, 5.41) is 3.68. The number of piperidine rings is 2. The minimum absolute atomic E-state index is 0.0975. The molecule has 0 bridgehead atoms. The Kier molecular flexibility index (Phi) is 4.85. The Bertz CT molecular complexity index is 363. The number of carbonyl (C=O) groups excluding carboxylic acids is 1. The van der Waals surface area contributed by atoms with Crippen LogP contribution in [0.2, 0.25) is 0 Å². The van der Waals surface area contributed by atoms with Gasteiger partial charge in [0.05, 0.1) is 6.04 Å². The van der Waals surface area contributed by atoms with Crippen LogP contribution < -0.4 is 5.32 Å². The van der Waals surface area contributed by atoms with Crippen molar-refractivity contribution in [2.24, 2.45) is 5.92 Å². The molecule has 0 radical (unpaired) electrons. The lowest BCUT2D eigenvalue weighted by Crippen LogP contribution is -2.57. The first kappa shape index (κ1) is 15.3. The molecule has 3 fully saturated rings. The van der Waals surface area contributed by atoms with Gasteiger partial charge in [0.1, 0.15) is 0 Å². The van der Waals surface area contributed by atoms with Gasteiger partial charge in [-0.1, -0.05) is 12.8 Å². The highest BCUT2D eigenvalue weighted by Crippen LogP contribution is 2.32. The molecule has 0 aromatic carbocycles. The molecule has 0 spiro atoms. The third kappa shape index (κ3) is 3.42. The van der Waals surface area contributed by atoms with E-state index in [0.717, 1.165) is 38.3 Å². The topological polar surface area (TPSA) is 35.6 Å². The Morgan fingerprint density at radius 2 is 1.71 bits per heavy atom. The van der Waals surface area contributed by atoms with Crippen LogP contribution in [0.1, 0.15) is 51.4 Å². The van der Waals surface area contributed by atoms with Crippen LogP contribution in [0.4, 0.5) is 0 Å². The van der Waals surface area contributed by atoms with Crippen molar-refractivity contribution in [2.45, 2.75) is 69.5 Å². The van der Waals surface area contributed by atoms with Crippen LogP contribution in [0.25, 0.3) is 0 Å².